The molecule has 1 aromatic carbocycles. The van der Waals surface area contributed by atoms with E-state index in [4.69, 9.17) is 14.2 Å². The van der Waals surface area contributed by atoms with Gasteiger partial charge < -0.3 is 14.2 Å². The molecule has 0 radical (unpaired) electrons. The molecule has 24 heavy (non-hydrogen) atoms. The summed E-state index contributed by atoms with van der Waals surface area (Å²) >= 11 is 0. The monoisotopic (exact) mass is 329 g/mol. The Kier molecular flexibility index (Phi) is 4.03. The first kappa shape index (κ1) is 15.7. The molecule has 3 rings (SSSR count). The van der Waals surface area contributed by atoms with Crippen molar-refractivity contribution in [3.63, 3.8) is 0 Å². The summed E-state index contributed by atoms with van der Waals surface area (Å²) in [4.78, 5) is 33.3. The second-order valence-electron chi connectivity index (χ2n) is 5.02. The van der Waals surface area contributed by atoms with E-state index in [0.717, 1.165) is 4.90 Å². The summed E-state index contributed by atoms with van der Waals surface area (Å²) in [5, 5.41) is 0. The van der Waals surface area contributed by atoms with Gasteiger partial charge >= 0.3 is 5.97 Å². The van der Waals surface area contributed by atoms with Crippen LogP contribution in [-0.4, -0.2) is 36.6 Å². The quantitative estimate of drug-likeness (QED) is 0.612. The zero-order valence-electron chi connectivity index (χ0n) is 13.3. The van der Waals surface area contributed by atoms with Crippen molar-refractivity contribution in [2.24, 2.45) is 0 Å². The maximum atomic E-state index is 12.1. The van der Waals surface area contributed by atoms with Crippen LogP contribution < -0.4 is 14.4 Å². The van der Waals surface area contributed by atoms with E-state index < -0.39 is 5.97 Å². The molecule has 0 fully saturated rings. The molecule has 0 bridgehead atoms. The molecule has 2 heterocycles. The molecule has 1 unspecified atom stereocenters. The molecule has 8 heteroatoms. The van der Waals surface area contributed by atoms with E-state index in [2.05, 4.69) is 9.97 Å². The highest BCUT2D eigenvalue weighted by Gasteiger charge is 2.33. The van der Waals surface area contributed by atoms with Crippen LogP contribution in [0.2, 0.25) is 0 Å². The number of rotatable bonds is 5. The number of hydrogen-bond donors (Lipinski definition) is 0. The van der Waals surface area contributed by atoms with Crippen LogP contribution in [0.25, 0.3) is 0 Å². The highest BCUT2D eigenvalue weighted by molar-refractivity contribution is 6.03. The molecule has 0 saturated carbocycles. The Hall–Kier alpha value is -3.16. The highest BCUT2D eigenvalue weighted by Crippen LogP contribution is 2.38. The smallest absolute Gasteiger partial charge is 0.341 e. The summed E-state index contributed by atoms with van der Waals surface area (Å²) < 4.78 is 15.4. The van der Waals surface area contributed by atoms with Gasteiger partial charge in [-0.05, 0) is 13.0 Å². The fourth-order valence-corrected chi connectivity index (χ4v) is 2.52. The Balaban J connectivity index is 2.15. The predicted octanol–water partition coefficient (Wildman–Crippen LogP) is 2.02. The molecule has 0 aliphatic carbocycles. The molecule has 1 atom stereocenters. The lowest BCUT2D eigenvalue weighted by Crippen LogP contribution is -2.20. The number of carbonyl (C=O) groups is 2. The Morgan fingerprint density at radius 2 is 1.88 bits per heavy atom. The van der Waals surface area contributed by atoms with Crippen molar-refractivity contribution in [1.82, 2.24) is 9.97 Å². The normalized spacial score (nSPS) is 15.5. The second-order valence-corrected chi connectivity index (χ2v) is 5.02. The fraction of sp³-hybridized carbons (Fsp3) is 0.250. The number of amides is 1. The van der Waals surface area contributed by atoms with Crippen molar-refractivity contribution in [3.8, 4) is 11.8 Å². The molecule has 0 saturated heterocycles. The molecule has 0 spiro atoms. The zero-order chi connectivity index (χ0) is 17.3. The average Bonchev–Trinajstić information content (AvgIpc) is 2.90. The Morgan fingerprint density at radius 3 is 2.46 bits per heavy atom. The second kappa shape index (κ2) is 6.15. The predicted molar refractivity (Wildman–Crippen MR) is 83.6 cm³/mol. The van der Waals surface area contributed by atoms with E-state index >= 15 is 0 Å². The summed E-state index contributed by atoms with van der Waals surface area (Å²) in [6.45, 7) is 1.77. The first-order chi connectivity index (χ1) is 11.6. The van der Waals surface area contributed by atoms with Gasteiger partial charge in [0.15, 0.2) is 0 Å². The van der Waals surface area contributed by atoms with Gasteiger partial charge in [-0.3, -0.25) is 9.69 Å². The van der Waals surface area contributed by atoms with Gasteiger partial charge in [-0.25, -0.2) is 4.79 Å². The molecular weight excluding hydrogens is 314 g/mol. The Morgan fingerprint density at radius 1 is 1.21 bits per heavy atom. The van der Waals surface area contributed by atoms with Crippen molar-refractivity contribution in [2.45, 2.75) is 13.0 Å². The lowest BCUT2D eigenvalue weighted by molar-refractivity contribution is -0.106. The van der Waals surface area contributed by atoms with Crippen LogP contribution in [0.3, 0.4) is 0 Å². The lowest BCUT2D eigenvalue weighted by atomic mass is 10.0. The number of ether oxygens (including phenoxy) is 3. The van der Waals surface area contributed by atoms with E-state index in [9.17, 15) is 9.59 Å². The number of carbonyl (C=O) groups excluding carboxylic acids is 2. The largest absolute Gasteiger partial charge is 0.481 e. The molecule has 8 nitrogen and oxygen atoms in total. The number of esters is 1. The van der Waals surface area contributed by atoms with Crippen molar-refractivity contribution in [2.75, 3.05) is 19.1 Å². The number of nitrogens with zero attached hydrogens (tertiary/aromatic N) is 3. The van der Waals surface area contributed by atoms with E-state index in [1.54, 1.807) is 25.1 Å². The molecule has 1 aliphatic heterocycles. The number of hydrogen-bond acceptors (Lipinski definition) is 7. The van der Waals surface area contributed by atoms with Crippen molar-refractivity contribution in [3.05, 3.63) is 35.4 Å². The summed E-state index contributed by atoms with van der Waals surface area (Å²) in [5.74, 6) is -0.00351. The average molecular weight is 329 g/mol. The first-order valence-electron chi connectivity index (χ1n) is 7.14. The van der Waals surface area contributed by atoms with Gasteiger partial charge in [0.05, 0.1) is 31.5 Å². The number of anilines is 2. The highest BCUT2D eigenvalue weighted by atomic mass is 16.5. The number of methoxy groups -OCH3 is 2. The van der Waals surface area contributed by atoms with Crippen LogP contribution in [0.1, 0.15) is 28.9 Å². The molecular formula is C16H15N3O5. The van der Waals surface area contributed by atoms with Gasteiger partial charge in [0.1, 0.15) is 6.10 Å². The van der Waals surface area contributed by atoms with Gasteiger partial charge in [-0.15, -0.1) is 0 Å². The number of cyclic esters (lactones) is 1. The minimum atomic E-state index is -0.491. The van der Waals surface area contributed by atoms with Gasteiger partial charge in [-0.2, -0.15) is 9.97 Å². The number of benzene rings is 1. The third-order valence-electron chi connectivity index (χ3n) is 3.67. The molecule has 1 aromatic heterocycles. The third-order valence-corrected chi connectivity index (χ3v) is 3.67. The zero-order valence-corrected chi connectivity index (χ0v) is 13.3. The summed E-state index contributed by atoms with van der Waals surface area (Å²) in [6, 6.07) is 6.63. The summed E-state index contributed by atoms with van der Waals surface area (Å²) in [5.41, 5.74) is 1.37. The van der Waals surface area contributed by atoms with Crippen LogP contribution in [0, 0.1) is 0 Å². The number of aromatic nitrogens is 2. The van der Waals surface area contributed by atoms with Crippen LogP contribution in [-0.2, 0) is 9.53 Å². The molecule has 124 valence electrons. The maximum absolute atomic E-state index is 12.1. The maximum Gasteiger partial charge on any atom is 0.341 e. The molecule has 1 aliphatic rings. The molecule has 2 aromatic rings. The van der Waals surface area contributed by atoms with Crippen molar-refractivity contribution >= 4 is 24.0 Å². The summed E-state index contributed by atoms with van der Waals surface area (Å²) in [7, 11) is 2.88. The Labute approximate surface area is 138 Å². The van der Waals surface area contributed by atoms with Gasteiger partial charge in [-0.1, -0.05) is 12.1 Å². The first-order valence-corrected chi connectivity index (χ1v) is 7.14. The van der Waals surface area contributed by atoms with Gasteiger partial charge in [0.2, 0.25) is 24.1 Å². The van der Waals surface area contributed by atoms with Crippen LogP contribution in [0.5, 0.6) is 11.8 Å². The van der Waals surface area contributed by atoms with E-state index in [0.29, 0.717) is 23.2 Å². The van der Waals surface area contributed by atoms with E-state index in [-0.39, 0.29) is 23.8 Å². The van der Waals surface area contributed by atoms with Crippen molar-refractivity contribution in [1.29, 1.82) is 0 Å². The van der Waals surface area contributed by atoms with E-state index in [1.165, 1.54) is 20.3 Å². The molecule has 0 N–H and O–H groups in total. The standard InChI is InChI=1S/C16H15N3O5/c1-9-10-5-4-6-11(14(10)15(21)24-9)19(8-20)16-17-12(22-2)7-13(18-16)23-3/h4-9H,1-3H3. The topological polar surface area (TPSA) is 90.9 Å². The van der Waals surface area contributed by atoms with E-state index in [1.807, 2.05) is 0 Å². The van der Waals surface area contributed by atoms with Gasteiger partial charge in [0, 0.05) is 5.56 Å². The van der Waals surface area contributed by atoms with Crippen LogP contribution in [0.15, 0.2) is 24.3 Å². The fourth-order valence-electron chi connectivity index (χ4n) is 2.52. The van der Waals surface area contributed by atoms with Crippen LogP contribution in [0.4, 0.5) is 11.6 Å². The summed E-state index contributed by atoms with van der Waals surface area (Å²) in [6.07, 6.45) is 0.154. The van der Waals surface area contributed by atoms with Crippen LogP contribution >= 0.6 is 0 Å². The number of fused-ring (bicyclic) bond motifs is 1. The Bertz CT molecular complexity index is 786. The third kappa shape index (κ3) is 2.51. The lowest BCUT2D eigenvalue weighted by Gasteiger charge is -2.18. The minimum Gasteiger partial charge on any atom is -0.481 e. The minimum absolute atomic E-state index is 0.0296. The molecule has 1 amide bonds. The SMILES string of the molecule is COc1cc(OC)nc(N(C=O)c2cccc3c2C(=O)OC3C)n1. The van der Waals surface area contributed by atoms with Gasteiger partial charge in [0.25, 0.3) is 0 Å². The van der Waals surface area contributed by atoms with Crippen molar-refractivity contribution < 1.29 is 23.8 Å².